The van der Waals surface area contributed by atoms with Crippen LogP contribution in [0.3, 0.4) is 0 Å². The van der Waals surface area contributed by atoms with Crippen LogP contribution < -0.4 is 15.0 Å². The summed E-state index contributed by atoms with van der Waals surface area (Å²) in [7, 11) is -3.61. The van der Waals surface area contributed by atoms with Gasteiger partial charge in [-0.15, -0.1) is 24.0 Å². The molecule has 0 radical (unpaired) electrons. The summed E-state index contributed by atoms with van der Waals surface area (Å²) in [5.74, 6) is 0.639. The number of ether oxygens (including phenoxy) is 1. The molecule has 1 aromatic heterocycles. The Bertz CT molecular complexity index is 1310. The van der Waals surface area contributed by atoms with Crippen LogP contribution in [0.4, 0.5) is 10.5 Å². The molecule has 2 heterocycles. The SMILES string of the molecule is CC(C)Oc1ccc(S(=O)(=O)N2CCC(NC(=O)N(c3ccc4nc(S)sc4c3)C(C)C)CC2)cc1. The molecule has 11 heteroatoms. The van der Waals surface area contributed by atoms with Gasteiger partial charge in [-0.05, 0) is 83.0 Å². The molecule has 0 bridgehead atoms. The zero-order valence-electron chi connectivity index (χ0n) is 20.8. The highest BCUT2D eigenvalue weighted by Crippen LogP contribution is 2.30. The first kappa shape index (κ1) is 26.7. The summed E-state index contributed by atoms with van der Waals surface area (Å²) in [5, 5.41) is 3.11. The molecule has 0 saturated carbocycles. The van der Waals surface area contributed by atoms with Crippen LogP contribution in [0.25, 0.3) is 10.2 Å². The van der Waals surface area contributed by atoms with Crippen LogP contribution in [0.2, 0.25) is 0 Å². The predicted octanol–water partition coefficient (Wildman–Crippen LogP) is 5.15. The van der Waals surface area contributed by atoms with Crippen molar-refractivity contribution in [2.45, 2.75) is 68.0 Å². The predicted molar refractivity (Wildman–Crippen MR) is 147 cm³/mol. The first-order valence-electron chi connectivity index (χ1n) is 12.0. The number of hydrogen-bond acceptors (Lipinski definition) is 7. The molecule has 1 saturated heterocycles. The van der Waals surface area contributed by atoms with Gasteiger partial charge in [0, 0.05) is 30.9 Å². The Balaban J connectivity index is 1.39. The number of thiazole rings is 1. The molecular weight excluding hydrogens is 517 g/mol. The van der Waals surface area contributed by atoms with Gasteiger partial charge in [-0.2, -0.15) is 4.31 Å². The molecule has 8 nitrogen and oxygen atoms in total. The van der Waals surface area contributed by atoms with Crippen molar-refractivity contribution in [2.24, 2.45) is 0 Å². The smallest absolute Gasteiger partial charge is 0.322 e. The Hall–Kier alpha value is -2.34. The number of benzene rings is 2. The number of fused-ring (bicyclic) bond motifs is 1. The standard InChI is InChI=1S/C25H32N4O4S3/c1-16(2)29(19-5-10-22-23(15-19)35-25(34)27-22)24(30)26-18-11-13-28(14-12-18)36(31,32)21-8-6-20(7-9-21)33-17(3)4/h5-10,15-18H,11-14H2,1-4H3,(H,26,30)(H,27,34). The van der Waals surface area contributed by atoms with Crippen molar-refractivity contribution in [2.75, 3.05) is 18.0 Å². The fourth-order valence-electron chi connectivity index (χ4n) is 4.30. The molecule has 0 aliphatic carbocycles. The summed E-state index contributed by atoms with van der Waals surface area (Å²) in [6, 6.07) is 11.9. The van der Waals surface area contributed by atoms with E-state index in [0.717, 1.165) is 15.9 Å². The Morgan fingerprint density at radius 2 is 1.81 bits per heavy atom. The maximum absolute atomic E-state index is 13.2. The van der Waals surface area contributed by atoms with Gasteiger partial charge in [0.2, 0.25) is 10.0 Å². The van der Waals surface area contributed by atoms with Gasteiger partial charge >= 0.3 is 6.03 Å². The first-order chi connectivity index (χ1) is 17.0. The molecule has 1 aliphatic rings. The monoisotopic (exact) mass is 548 g/mol. The lowest BCUT2D eigenvalue weighted by atomic mass is 10.1. The number of carbonyl (C=O) groups excluding carboxylic acids is 1. The molecule has 0 atom stereocenters. The number of carbonyl (C=O) groups is 1. The third kappa shape index (κ3) is 5.96. The van der Waals surface area contributed by atoms with Gasteiger partial charge in [-0.25, -0.2) is 18.2 Å². The third-order valence-corrected chi connectivity index (χ3v) is 9.10. The summed E-state index contributed by atoms with van der Waals surface area (Å²) < 4.78 is 35.0. The van der Waals surface area contributed by atoms with Crippen molar-refractivity contribution in [3.63, 3.8) is 0 Å². The van der Waals surface area contributed by atoms with Crippen LogP contribution in [-0.2, 0) is 10.0 Å². The quantitative estimate of drug-likeness (QED) is 0.399. The summed E-state index contributed by atoms with van der Waals surface area (Å²) in [6.07, 6.45) is 1.11. The number of hydrogen-bond donors (Lipinski definition) is 2. The van der Waals surface area contributed by atoms with Crippen molar-refractivity contribution < 1.29 is 17.9 Å². The van der Waals surface area contributed by atoms with Crippen LogP contribution in [0.1, 0.15) is 40.5 Å². The maximum atomic E-state index is 13.2. The summed E-state index contributed by atoms with van der Waals surface area (Å²) >= 11 is 5.80. The summed E-state index contributed by atoms with van der Waals surface area (Å²) in [6.45, 7) is 8.46. The molecule has 1 fully saturated rings. The lowest BCUT2D eigenvalue weighted by molar-refractivity contribution is 0.231. The van der Waals surface area contributed by atoms with Crippen LogP contribution in [-0.4, -0.2) is 55.0 Å². The molecule has 1 N–H and O–H groups in total. The summed E-state index contributed by atoms with van der Waals surface area (Å²) in [4.78, 5) is 19.6. The molecule has 0 unspecified atom stereocenters. The Morgan fingerprint density at radius 3 is 2.42 bits per heavy atom. The molecule has 194 valence electrons. The van der Waals surface area contributed by atoms with Crippen LogP contribution in [0, 0.1) is 0 Å². The maximum Gasteiger partial charge on any atom is 0.322 e. The van der Waals surface area contributed by atoms with Crippen molar-refractivity contribution in [1.82, 2.24) is 14.6 Å². The van der Waals surface area contributed by atoms with Gasteiger partial charge in [0.25, 0.3) is 0 Å². The average Bonchev–Trinajstić information content (AvgIpc) is 3.18. The number of urea groups is 1. The fraction of sp³-hybridized carbons (Fsp3) is 0.440. The van der Waals surface area contributed by atoms with Crippen molar-refractivity contribution in [1.29, 1.82) is 0 Å². The van der Waals surface area contributed by atoms with E-state index in [1.54, 1.807) is 29.2 Å². The number of rotatable bonds is 7. The van der Waals surface area contributed by atoms with Crippen molar-refractivity contribution >= 4 is 55.9 Å². The average molecular weight is 549 g/mol. The van der Waals surface area contributed by atoms with E-state index in [1.807, 2.05) is 45.9 Å². The molecule has 3 aromatic rings. The Labute approximate surface area is 222 Å². The van der Waals surface area contributed by atoms with E-state index in [2.05, 4.69) is 22.9 Å². The largest absolute Gasteiger partial charge is 0.491 e. The lowest BCUT2D eigenvalue weighted by Gasteiger charge is -2.34. The first-order valence-corrected chi connectivity index (χ1v) is 14.7. The third-order valence-electron chi connectivity index (χ3n) is 5.99. The molecular formula is C25H32N4O4S3. The lowest BCUT2D eigenvalue weighted by Crippen LogP contribution is -2.51. The Kier molecular flexibility index (Phi) is 8.13. The second-order valence-electron chi connectivity index (χ2n) is 9.38. The topological polar surface area (TPSA) is 91.8 Å². The molecule has 36 heavy (non-hydrogen) atoms. The highest BCUT2D eigenvalue weighted by atomic mass is 32.2. The van der Waals surface area contributed by atoms with Gasteiger partial charge in [0.1, 0.15) is 10.1 Å². The van der Waals surface area contributed by atoms with Crippen LogP contribution in [0.15, 0.2) is 51.7 Å². The van der Waals surface area contributed by atoms with E-state index in [4.69, 9.17) is 4.74 Å². The minimum atomic E-state index is -3.61. The molecule has 4 rings (SSSR count). The second-order valence-corrected chi connectivity index (χ2v) is 13.1. The van der Waals surface area contributed by atoms with Crippen molar-refractivity contribution in [3.8, 4) is 5.75 Å². The number of aromatic nitrogens is 1. The highest BCUT2D eigenvalue weighted by Gasteiger charge is 2.31. The minimum absolute atomic E-state index is 0.0183. The number of sulfonamides is 1. The van der Waals surface area contributed by atoms with Crippen molar-refractivity contribution in [3.05, 3.63) is 42.5 Å². The van der Waals surface area contributed by atoms with E-state index < -0.39 is 10.0 Å². The zero-order chi connectivity index (χ0) is 26.0. The number of thiol groups is 1. The van der Waals surface area contributed by atoms with E-state index in [1.165, 1.54) is 15.6 Å². The van der Waals surface area contributed by atoms with E-state index in [9.17, 15) is 13.2 Å². The van der Waals surface area contributed by atoms with Crippen LogP contribution >= 0.6 is 24.0 Å². The second kappa shape index (κ2) is 11.0. The molecule has 2 amide bonds. The van der Waals surface area contributed by atoms with Gasteiger partial charge in [-0.1, -0.05) is 0 Å². The number of amides is 2. The van der Waals surface area contributed by atoms with E-state index in [0.29, 0.717) is 36.0 Å². The molecule has 0 spiro atoms. The van der Waals surface area contributed by atoms with E-state index >= 15 is 0 Å². The number of nitrogens with zero attached hydrogens (tertiary/aromatic N) is 3. The van der Waals surface area contributed by atoms with Gasteiger partial charge in [-0.3, -0.25) is 4.90 Å². The van der Waals surface area contributed by atoms with Crippen LogP contribution in [0.5, 0.6) is 5.75 Å². The molecule has 1 aliphatic heterocycles. The number of piperidine rings is 1. The molecule has 2 aromatic carbocycles. The minimum Gasteiger partial charge on any atom is -0.491 e. The van der Waals surface area contributed by atoms with Gasteiger partial charge in [0.05, 0.1) is 21.2 Å². The number of anilines is 1. The summed E-state index contributed by atoms with van der Waals surface area (Å²) in [5.41, 5.74) is 1.64. The van der Waals surface area contributed by atoms with Gasteiger partial charge in [0.15, 0.2) is 0 Å². The normalized spacial score (nSPS) is 15.5. The van der Waals surface area contributed by atoms with E-state index in [-0.39, 0.29) is 29.1 Å². The number of nitrogens with one attached hydrogen (secondary N) is 1. The fourth-order valence-corrected chi connectivity index (χ4v) is 6.91. The Morgan fingerprint density at radius 1 is 1.14 bits per heavy atom. The van der Waals surface area contributed by atoms with Gasteiger partial charge < -0.3 is 10.1 Å². The zero-order valence-corrected chi connectivity index (χ0v) is 23.4. The highest BCUT2D eigenvalue weighted by molar-refractivity contribution is 7.89.